The van der Waals surface area contributed by atoms with E-state index >= 15 is 0 Å². The van der Waals surface area contributed by atoms with Crippen molar-refractivity contribution in [2.24, 2.45) is 0 Å². The van der Waals surface area contributed by atoms with Crippen LogP contribution in [0.25, 0.3) is 0 Å². The molecule has 0 radical (unpaired) electrons. The van der Waals surface area contributed by atoms with Crippen LogP contribution >= 0.6 is 0 Å². The highest BCUT2D eigenvalue weighted by Gasteiger charge is 2.20. The van der Waals surface area contributed by atoms with Gasteiger partial charge in [-0.3, -0.25) is 4.79 Å². The quantitative estimate of drug-likeness (QED) is 0.737. The molecule has 0 aliphatic heterocycles. The number of aliphatic carboxylic acids is 1. The summed E-state index contributed by atoms with van der Waals surface area (Å²) in [6.45, 7) is -0.283. The fourth-order valence-electron chi connectivity index (χ4n) is 2.52. The van der Waals surface area contributed by atoms with Crippen LogP contribution in [-0.4, -0.2) is 49.9 Å². The lowest BCUT2D eigenvalue weighted by molar-refractivity contribution is -0.137. The van der Waals surface area contributed by atoms with Crippen molar-refractivity contribution in [2.75, 3.05) is 33.2 Å². The highest BCUT2D eigenvalue weighted by atomic mass is 16.5. The Morgan fingerprint density at radius 1 is 1.00 bits per heavy atom. The molecule has 27 heavy (non-hydrogen) atoms. The van der Waals surface area contributed by atoms with Crippen LogP contribution in [0.5, 0.6) is 17.2 Å². The van der Waals surface area contributed by atoms with Crippen LogP contribution < -0.4 is 19.5 Å². The fourth-order valence-corrected chi connectivity index (χ4v) is 2.52. The molecule has 144 valence electrons. The fraction of sp³-hybridized carbons (Fsp3) is 0.263. The predicted octanol–water partition coefficient (Wildman–Crippen LogP) is 2.83. The first-order valence-electron chi connectivity index (χ1n) is 8.10. The SMILES string of the molecule is COc1cc(NC(=O)N(CC(=O)O)Cc2ccccc2)cc(OC)c1OC. The minimum atomic E-state index is -1.11. The highest BCUT2D eigenvalue weighted by molar-refractivity contribution is 5.92. The van der Waals surface area contributed by atoms with Crippen molar-refractivity contribution in [2.45, 2.75) is 6.54 Å². The van der Waals surface area contributed by atoms with Crippen molar-refractivity contribution in [3.8, 4) is 17.2 Å². The van der Waals surface area contributed by atoms with Crippen molar-refractivity contribution in [3.05, 3.63) is 48.0 Å². The van der Waals surface area contributed by atoms with Crippen LogP contribution in [0.2, 0.25) is 0 Å². The third-order valence-electron chi connectivity index (χ3n) is 3.75. The Bertz CT molecular complexity index is 769. The Hall–Kier alpha value is -3.42. The van der Waals surface area contributed by atoms with Gasteiger partial charge in [0.15, 0.2) is 11.5 Å². The van der Waals surface area contributed by atoms with Crippen molar-refractivity contribution in [3.63, 3.8) is 0 Å². The number of carbonyl (C=O) groups is 2. The smallest absolute Gasteiger partial charge is 0.323 e. The summed E-state index contributed by atoms with van der Waals surface area (Å²) in [7, 11) is 4.41. The maximum Gasteiger partial charge on any atom is 0.323 e. The van der Waals surface area contributed by atoms with E-state index in [1.165, 1.54) is 26.2 Å². The van der Waals surface area contributed by atoms with Gasteiger partial charge < -0.3 is 29.5 Å². The lowest BCUT2D eigenvalue weighted by Gasteiger charge is -2.22. The number of hydrogen-bond acceptors (Lipinski definition) is 5. The number of nitrogens with one attached hydrogen (secondary N) is 1. The zero-order valence-corrected chi connectivity index (χ0v) is 15.4. The number of hydrogen-bond donors (Lipinski definition) is 2. The summed E-state index contributed by atoms with van der Waals surface area (Å²) in [4.78, 5) is 25.0. The van der Waals surface area contributed by atoms with Crippen molar-refractivity contribution >= 4 is 17.7 Å². The van der Waals surface area contributed by atoms with Crippen LogP contribution in [-0.2, 0) is 11.3 Å². The normalized spacial score (nSPS) is 10.0. The van der Waals surface area contributed by atoms with Gasteiger partial charge in [0.05, 0.1) is 27.0 Å². The Labute approximate surface area is 157 Å². The number of urea groups is 1. The zero-order valence-electron chi connectivity index (χ0n) is 15.4. The number of nitrogens with zero attached hydrogens (tertiary/aromatic N) is 1. The van der Waals surface area contributed by atoms with Gasteiger partial charge in [0.2, 0.25) is 5.75 Å². The second-order valence-corrected chi connectivity index (χ2v) is 5.58. The van der Waals surface area contributed by atoms with Gasteiger partial charge in [-0.2, -0.15) is 0 Å². The summed E-state index contributed by atoms with van der Waals surface area (Å²) in [6.07, 6.45) is 0. The lowest BCUT2D eigenvalue weighted by atomic mass is 10.2. The average Bonchev–Trinajstić information content (AvgIpc) is 2.67. The largest absolute Gasteiger partial charge is 0.493 e. The highest BCUT2D eigenvalue weighted by Crippen LogP contribution is 2.39. The number of methoxy groups -OCH3 is 3. The number of carbonyl (C=O) groups excluding carboxylic acids is 1. The zero-order chi connectivity index (χ0) is 19.8. The van der Waals surface area contributed by atoms with E-state index in [2.05, 4.69) is 5.32 Å². The molecule has 0 aromatic heterocycles. The van der Waals surface area contributed by atoms with Gasteiger partial charge in [0.1, 0.15) is 6.54 Å². The minimum Gasteiger partial charge on any atom is -0.493 e. The van der Waals surface area contributed by atoms with Gasteiger partial charge in [0, 0.05) is 18.7 Å². The Morgan fingerprint density at radius 3 is 2.07 bits per heavy atom. The van der Waals surface area contributed by atoms with E-state index < -0.39 is 18.5 Å². The first kappa shape index (κ1) is 19.9. The molecule has 0 spiro atoms. The molecule has 8 nitrogen and oxygen atoms in total. The van der Waals surface area contributed by atoms with Crippen molar-refractivity contribution in [1.29, 1.82) is 0 Å². The van der Waals surface area contributed by atoms with E-state index in [-0.39, 0.29) is 6.54 Å². The molecule has 2 aromatic rings. The number of carboxylic acids is 1. The molecule has 0 unspecified atom stereocenters. The third kappa shape index (κ3) is 5.27. The molecule has 2 rings (SSSR count). The van der Waals surface area contributed by atoms with E-state index in [4.69, 9.17) is 19.3 Å². The van der Waals surface area contributed by atoms with Crippen molar-refractivity contribution < 1.29 is 28.9 Å². The first-order chi connectivity index (χ1) is 13.0. The van der Waals surface area contributed by atoms with Gasteiger partial charge >= 0.3 is 12.0 Å². The number of anilines is 1. The van der Waals surface area contributed by atoms with Crippen LogP contribution in [0.3, 0.4) is 0 Å². The molecule has 0 saturated heterocycles. The second kappa shape index (κ2) is 9.33. The summed E-state index contributed by atoms with van der Waals surface area (Å²) in [5, 5.41) is 11.8. The summed E-state index contributed by atoms with van der Waals surface area (Å²) >= 11 is 0. The summed E-state index contributed by atoms with van der Waals surface area (Å²) < 4.78 is 15.8. The van der Waals surface area contributed by atoms with Gasteiger partial charge in [-0.1, -0.05) is 30.3 Å². The topological polar surface area (TPSA) is 97.3 Å². The Balaban J connectivity index is 2.24. The average molecular weight is 374 g/mol. The monoisotopic (exact) mass is 374 g/mol. The molecule has 0 atom stereocenters. The molecule has 0 heterocycles. The van der Waals surface area contributed by atoms with Gasteiger partial charge in [0.25, 0.3) is 0 Å². The lowest BCUT2D eigenvalue weighted by Crippen LogP contribution is -2.38. The van der Waals surface area contributed by atoms with Crippen molar-refractivity contribution in [1.82, 2.24) is 4.90 Å². The summed E-state index contributed by atoms with van der Waals surface area (Å²) in [6, 6.07) is 11.7. The second-order valence-electron chi connectivity index (χ2n) is 5.58. The molecule has 2 aromatic carbocycles. The molecule has 0 aliphatic carbocycles. The number of rotatable bonds is 8. The van der Waals surface area contributed by atoms with Crippen LogP contribution in [0.15, 0.2) is 42.5 Å². The molecule has 2 amide bonds. The number of ether oxygens (including phenoxy) is 3. The van der Waals surface area contributed by atoms with Gasteiger partial charge in [-0.25, -0.2) is 4.79 Å². The molecule has 0 saturated carbocycles. The maximum absolute atomic E-state index is 12.6. The maximum atomic E-state index is 12.6. The summed E-state index contributed by atoms with van der Waals surface area (Å²) in [5.74, 6) is 0.0376. The standard InChI is InChI=1S/C19H22N2O6/c1-25-15-9-14(10-16(26-2)18(15)27-3)20-19(24)21(12-17(22)23)11-13-7-5-4-6-8-13/h4-10H,11-12H2,1-3H3,(H,20,24)(H,22,23). The number of amides is 2. The first-order valence-corrected chi connectivity index (χ1v) is 8.10. The third-order valence-corrected chi connectivity index (χ3v) is 3.75. The Kier molecular flexibility index (Phi) is 6.87. The van der Waals surface area contributed by atoms with Gasteiger partial charge in [-0.05, 0) is 5.56 Å². The number of carboxylic acid groups (broad SMARTS) is 1. The van der Waals surface area contributed by atoms with E-state index in [1.54, 1.807) is 12.1 Å². The number of benzene rings is 2. The molecule has 0 aliphatic rings. The van der Waals surface area contributed by atoms with E-state index in [0.29, 0.717) is 22.9 Å². The molecular formula is C19H22N2O6. The molecule has 0 fully saturated rings. The van der Waals surface area contributed by atoms with E-state index in [9.17, 15) is 9.59 Å². The van der Waals surface area contributed by atoms with Crippen LogP contribution in [0.1, 0.15) is 5.56 Å². The molecule has 0 bridgehead atoms. The van der Waals surface area contributed by atoms with E-state index in [1.807, 2.05) is 30.3 Å². The molecular weight excluding hydrogens is 352 g/mol. The van der Waals surface area contributed by atoms with Gasteiger partial charge in [-0.15, -0.1) is 0 Å². The van der Waals surface area contributed by atoms with Crippen LogP contribution in [0, 0.1) is 0 Å². The molecule has 8 heteroatoms. The molecule has 2 N–H and O–H groups in total. The Morgan fingerprint density at radius 2 is 1.59 bits per heavy atom. The predicted molar refractivity (Wildman–Crippen MR) is 99.6 cm³/mol. The van der Waals surface area contributed by atoms with Crippen LogP contribution in [0.4, 0.5) is 10.5 Å². The van der Waals surface area contributed by atoms with E-state index in [0.717, 1.165) is 5.56 Å². The minimum absolute atomic E-state index is 0.156. The summed E-state index contributed by atoms with van der Waals surface area (Å²) in [5.41, 5.74) is 1.21.